The minimum Gasteiger partial charge on any atom is -0.385 e. The maximum absolute atomic E-state index is 12.4. The fourth-order valence-electron chi connectivity index (χ4n) is 3.50. The summed E-state index contributed by atoms with van der Waals surface area (Å²) in [7, 11) is 1.62. The number of hydrogen-bond acceptors (Lipinski definition) is 6. The number of carbonyl (C=O) groups excluding carboxylic acids is 3. The van der Waals surface area contributed by atoms with E-state index in [2.05, 4.69) is 21.3 Å². The molecule has 9 nitrogen and oxygen atoms in total. The first-order chi connectivity index (χ1) is 16.5. The van der Waals surface area contributed by atoms with Gasteiger partial charge < -0.3 is 30.7 Å². The van der Waals surface area contributed by atoms with Gasteiger partial charge in [-0.05, 0) is 61.7 Å². The monoisotopic (exact) mass is 468 g/mol. The Morgan fingerprint density at radius 1 is 1.00 bits per heavy atom. The van der Waals surface area contributed by atoms with Crippen LogP contribution in [0.4, 0.5) is 11.4 Å². The molecule has 0 bridgehead atoms. The van der Waals surface area contributed by atoms with Gasteiger partial charge >= 0.3 is 0 Å². The van der Waals surface area contributed by atoms with E-state index < -0.39 is 0 Å². The topological polar surface area (TPSA) is 118 Å². The number of benzene rings is 2. The van der Waals surface area contributed by atoms with Crippen molar-refractivity contribution in [2.75, 3.05) is 50.6 Å². The van der Waals surface area contributed by atoms with E-state index >= 15 is 0 Å². The van der Waals surface area contributed by atoms with Crippen molar-refractivity contribution in [1.29, 1.82) is 0 Å². The minimum absolute atomic E-state index is 0.0397. The van der Waals surface area contributed by atoms with E-state index in [0.717, 1.165) is 25.9 Å². The van der Waals surface area contributed by atoms with Crippen LogP contribution < -0.4 is 21.3 Å². The molecule has 34 heavy (non-hydrogen) atoms. The standard InChI is InChI=1S/C25H32N4O5/c1-33-13-4-12-26-24(31)18-8-10-20(11-9-18)27-17-23(30)29-21-6-2-5-19(15-21)25(32)28-16-22-7-3-14-34-22/h2,5-6,8-11,15,22,27H,3-4,7,12-14,16-17H2,1H3,(H,26,31)(H,28,32)(H,29,30). The lowest BCUT2D eigenvalue weighted by atomic mass is 10.1. The fraction of sp³-hybridized carbons (Fsp3) is 0.400. The molecule has 0 saturated carbocycles. The maximum Gasteiger partial charge on any atom is 0.251 e. The summed E-state index contributed by atoms with van der Waals surface area (Å²) in [6, 6.07) is 13.7. The van der Waals surface area contributed by atoms with E-state index in [1.807, 2.05) is 0 Å². The first-order valence-corrected chi connectivity index (χ1v) is 11.5. The SMILES string of the molecule is COCCCNC(=O)c1ccc(NCC(=O)Nc2cccc(C(=O)NCC3CCCO3)c2)cc1. The van der Waals surface area contributed by atoms with Gasteiger partial charge in [-0.1, -0.05) is 6.07 Å². The summed E-state index contributed by atoms with van der Waals surface area (Å²) in [4.78, 5) is 36.8. The van der Waals surface area contributed by atoms with Crippen molar-refractivity contribution in [1.82, 2.24) is 10.6 Å². The molecule has 2 aromatic carbocycles. The average molecular weight is 469 g/mol. The third kappa shape index (κ3) is 8.17. The fourth-order valence-corrected chi connectivity index (χ4v) is 3.50. The average Bonchev–Trinajstić information content (AvgIpc) is 3.38. The third-order valence-electron chi connectivity index (χ3n) is 5.33. The minimum atomic E-state index is -0.253. The van der Waals surface area contributed by atoms with Crippen LogP contribution in [-0.2, 0) is 14.3 Å². The summed E-state index contributed by atoms with van der Waals surface area (Å²) >= 11 is 0. The summed E-state index contributed by atoms with van der Waals surface area (Å²) in [6.07, 6.45) is 2.79. The zero-order valence-corrected chi connectivity index (χ0v) is 19.4. The molecule has 1 fully saturated rings. The number of carbonyl (C=O) groups is 3. The molecule has 1 atom stereocenters. The quantitative estimate of drug-likeness (QED) is 0.356. The first-order valence-electron chi connectivity index (χ1n) is 11.5. The van der Waals surface area contributed by atoms with Crippen LogP contribution in [0.2, 0.25) is 0 Å². The van der Waals surface area contributed by atoms with Crippen molar-refractivity contribution < 1.29 is 23.9 Å². The Kier molecular flexibility index (Phi) is 9.87. The third-order valence-corrected chi connectivity index (χ3v) is 5.33. The largest absolute Gasteiger partial charge is 0.385 e. The molecule has 0 aromatic heterocycles. The zero-order valence-electron chi connectivity index (χ0n) is 19.4. The van der Waals surface area contributed by atoms with E-state index in [0.29, 0.717) is 42.2 Å². The second-order valence-electron chi connectivity index (χ2n) is 8.01. The lowest BCUT2D eigenvalue weighted by molar-refractivity contribution is -0.114. The molecule has 9 heteroatoms. The van der Waals surface area contributed by atoms with Crippen molar-refractivity contribution in [3.63, 3.8) is 0 Å². The number of nitrogens with one attached hydrogen (secondary N) is 4. The lowest BCUT2D eigenvalue weighted by Gasteiger charge is -2.12. The van der Waals surface area contributed by atoms with Gasteiger partial charge in [0.1, 0.15) is 0 Å². The van der Waals surface area contributed by atoms with Crippen LogP contribution in [0.3, 0.4) is 0 Å². The molecule has 1 aliphatic heterocycles. The number of methoxy groups -OCH3 is 1. The summed E-state index contributed by atoms with van der Waals surface area (Å²) in [5.74, 6) is -0.607. The van der Waals surface area contributed by atoms with Crippen LogP contribution in [-0.4, -0.2) is 63.8 Å². The molecule has 1 unspecified atom stereocenters. The van der Waals surface area contributed by atoms with Crippen molar-refractivity contribution in [3.8, 4) is 0 Å². The highest BCUT2D eigenvalue weighted by Gasteiger charge is 2.17. The molecule has 4 N–H and O–H groups in total. The van der Waals surface area contributed by atoms with Gasteiger partial charge in [-0.25, -0.2) is 0 Å². The molecule has 1 aliphatic rings. The maximum atomic E-state index is 12.4. The number of ether oxygens (including phenoxy) is 2. The van der Waals surface area contributed by atoms with Crippen LogP contribution >= 0.6 is 0 Å². The summed E-state index contributed by atoms with van der Waals surface area (Å²) < 4.78 is 10.5. The van der Waals surface area contributed by atoms with Crippen LogP contribution in [0.25, 0.3) is 0 Å². The molecular formula is C25H32N4O5. The molecule has 3 amide bonds. The Hall–Kier alpha value is -3.43. The van der Waals surface area contributed by atoms with Crippen LogP contribution in [0, 0.1) is 0 Å². The predicted molar refractivity (Wildman–Crippen MR) is 130 cm³/mol. The van der Waals surface area contributed by atoms with Crippen molar-refractivity contribution in [3.05, 3.63) is 59.7 Å². The van der Waals surface area contributed by atoms with E-state index in [4.69, 9.17) is 9.47 Å². The molecule has 0 radical (unpaired) electrons. The Balaban J connectivity index is 1.42. The molecule has 0 spiro atoms. The van der Waals surface area contributed by atoms with Gasteiger partial charge in [0.05, 0.1) is 12.6 Å². The highest BCUT2D eigenvalue weighted by atomic mass is 16.5. The lowest BCUT2D eigenvalue weighted by Crippen LogP contribution is -2.31. The van der Waals surface area contributed by atoms with Gasteiger partial charge in [0.25, 0.3) is 11.8 Å². The van der Waals surface area contributed by atoms with Crippen LogP contribution in [0.1, 0.15) is 40.0 Å². The van der Waals surface area contributed by atoms with E-state index in [1.54, 1.807) is 55.6 Å². The van der Waals surface area contributed by atoms with E-state index in [1.165, 1.54) is 0 Å². The molecule has 2 aromatic rings. The molecule has 1 saturated heterocycles. The van der Waals surface area contributed by atoms with Gasteiger partial charge in [-0.3, -0.25) is 14.4 Å². The van der Waals surface area contributed by atoms with Gasteiger partial charge in [-0.2, -0.15) is 0 Å². The Morgan fingerprint density at radius 2 is 1.79 bits per heavy atom. The number of rotatable bonds is 12. The number of hydrogen-bond donors (Lipinski definition) is 4. The van der Waals surface area contributed by atoms with Gasteiger partial charge in [-0.15, -0.1) is 0 Å². The van der Waals surface area contributed by atoms with E-state index in [-0.39, 0.29) is 30.4 Å². The molecule has 182 valence electrons. The van der Waals surface area contributed by atoms with Crippen molar-refractivity contribution in [2.24, 2.45) is 0 Å². The Morgan fingerprint density at radius 3 is 2.53 bits per heavy atom. The molecular weight excluding hydrogens is 436 g/mol. The second kappa shape index (κ2) is 13.3. The van der Waals surface area contributed by atoms with Gasteiger partial charge in [0.15, 0.2) is 0 Å². The zero-order chi connectivity index (χ0) is 24.2. The number of anilines is 2. The summed E-state index contributed by atoms with van der Waals surface area (Å²) in [5.41, 5.74) is 2.27. The number of amides is 3. The van der Waals surface area contributed by atoms with Crippen LogP contribution in [0.15, 0.2) is 48.5 Å². The summed E-state index contributed by atoms with van der Waals surface area (Å²) in [5, 5.41) is 11.5. The normalized spacial score (nSPS) is 14.9. The van der Waals surface area contributed by atoms with Crippen LogP contribution in [0.5, 0.6) is 0 Å². The predicted octanol–water partition coefficient (Wildman–Crippen LogP) is 2.41. The summed E-state index contributed by atoms with van der Waals surface area (Å²) in [6.45, 7) is 2.40. The molecule has 1 heterocycles. The van der Waals surface area contributed by atoms with Gasteiger partial charge in [0.2, 0.25) is 5.91 Å². The molecule has 0 aliphatic carbocycles. The highest BCUT2D eigenvalue weighted by Crippen LogP contribution is 2.14. The Bertz CT molecular complexity index is 958. The smallest absolute Gasteiger partial charge is 0.251 e. The highest BCUT2D eigenvalue weighted by molar-refractivity contribution is 5.98. The molecule has 3 rings (SSSR count). The van der Waals surface area contributed by atoms with Gasteiger partial charge in [0, 0.05) is 55.9 Å². The first kappa shape index (κ1) is 25.2. The van der Waals surface area contributed by atoms with Crippen molar-refractivity contribution in [2.45, 2.75) is 25.4 Å². The second-order valence-corrected chi connectivity index (χ2v) is 8.01. The Labute approximate surface area is 199 Å². The van der Waals surface area contributed by atoms with Crippen molar-refractivity contribution >= 4 is 29.1 Å². The van der Waals surface area contributed by atoms with E-state index in [9.17, 15) is 14.4 Å².